The quantitative estimate of drug-likeness (QED) is 0.347. The summed E-state index contributed by atoms with van der Waals surface area (Å²) >= 11 is 0. The van der Waals surface area contributed by atoms with Crippen molar-refractivity contribution in [3.63, 3.8) is 0 Å². The van der Waals surface area contributed by atoms with E-state index in [0.29, 0.717) is 19.3 Å². The van der Waals surface area contributed by atoms with Crippen molar-refractivity contribution >= 4 is 18.0 Å². The third-order valence-corrected chi connectivity index (χ3v) is 9.41. The Morgan fingerprint density at radius 3 is 2.50 bits per heavy atom. The Hall–Kier alpha value is -1.78. The zero-order valence-electron chi connectivity index (χ0n) is 17.6. The molecule has 0 amide bonds. The molecule has 3 aliphatic rings. The second-order valence-electron chi connectivity index (χ2n) is 9.93. The van der Waals surface area contributed by atoms with Crippen molar-refractivity contribution < 1.29 is 24.2 Å². The molecule has 0 saturated heterocycles. The first-order valence-corrected chi connectivity index (χ1v) is 10.2. The van der Waals surface area contributed by atoms with Gasteiger partial charge in [0.05, 0.1) is 17.9 Å². The van der Waals surface area contributed by atoms with Crippen LogP contribution in [-0.2, 0) is 14.3 Å². The second-order valence-corrected chi connectivity index (χ2v) is 9.93. The molecule has 3 rings (SSSR count). The van der Waals surface area contributed by atoms with E-state index in [1.54, 1.807) is 6.08 Å². The molecule has 2 bridgehead atoms. The number of aliphatic hydroxyl groups excluding tert-OH is 1. The summed E-state index contributed by atoms with van der Waals surface area (Å²) in [5, 5.41) is 11.5. The summed E-state index contributed by atoms with van der Waals surface area (Å²) in [7, 11) is 0. The van der Waals surface area contributed by atoms with Gasteiger partial charge < -0.3 is 15.4 Å². The lowest BCUT2D eigenvalue weighted by Gasteiger charge is -2.66. The van der Waals surface area contributed by atoms with Crippen LogP contribution in [0, 0.1) is 33.5 Å². The van der Waals surface area contributed by atoms with E-state index in [2.05, 4.69) is 18.3 Å². The van der Waals surface area contributed by atoms with Crippen molar-refractivity contribution in [1.82, 2.24) is 0 Å². The summed E-state index contributed by atoms with van der Waals surface area (Å²) in [5.41, 5.74) is 6.88. The van der Waals surface area contributed by atoms with Gasteiger partial charge >= 0.3 is 5.71 Å². The van der Waals surface area contributed by atoms with Gasteiger partial charge in [0.2, 0.25) is 5.78 Å². The molecule has 3 saturated carbocycles. The third-order valence-electron chi connectivity index (χ3n) is 9.41. The standard InChI is InChI=1S/C22H32N2O4/c1-7-19(4)11-16(26)20(5)13(2)8-9-22(14(3)18(19)28-12-25)10-15(24-23)17(27)21(20,22)6/h7,12-14,16,18,26H,1,8-11H2,2-6H3/t13-,14+,16-,18+,19-,20+,21+,22+/m1/s1. The monoisotopic (exact) mass is 388 g/mol. The van der Waals surface area contributed by atoms with Gasteiger partial charge in [0.25, 0.3) is 6.47 Å². The highest BCUT2D eigenvalue weighted by Crippen LogP contribution is 2.73. The molecule has 3 fully saturated rings. The average Bonchev–Trinajstić information content (AvgIpc) is 2.91. The Morgan fingerprint density at radius 1 is 1.32 bits per heavy atom. The molecule has 154 valence electrons. The summed E-state index contributed by atoms with van der Waals surface area (Å²) in [6, 6.07) is 0. The average molecular weight is 389 g/mol. The number of Topliss-reactive ketones (excluding diaryl/α,β-unsaturated/α-hetero) is 1. The fourth-order valence-corrected chi connectivity index (χ4v) is 7.18. The van der Waals surface area contributed by atoms with Gasteiger partial charge in [0.15, 0.2) is 0 Å². The molecule has 0 unspecified atom stereocenters. The second kappa shape index (κ2) is 6.36. The number of carbonyl (C=O) groups excluding carboxylic acids is 2. The van der Waals surface area contributed by atoms with E-state index in [4.69, 9.17) is 4.74 Å². The highest BCUT2D eigenvalue weighted by atomic mass is 16.5. The highest BCUT2D eigenvalue weighted by Gasteiger charge is 2.77. The molecule has 0 aliphatic heterocycles. The molecule has 1 N–H and O–H groups in total. The molecule has 0 aromatic rings. The SMILES string of the molecule is C=C[C@]1(C)C[C@@H](O)[C@]2(C)[C@H](C)CC[C@]3(CC(=[N+]=[N-])C(=O)[C@]32C)[C@@H](C)[C@@H]1OC=O. The molecule has 6 heteroatoms. The largest absolute Gasteiger partial charge is 0.463 e. The van der Waals surface area contributed by atoms with E-state index in [1.165, 1.54) is 0 Å². The van der Waals surface area contributed by atoms with Crippen molar-refractivity contribution in [2.75, 3.05) is 0 Å². The fourth-order valence-electron chi connectivity index (χ4n) is 7.18. The van der Waals surface area contributed by atoms with Crippen LogP contribution in [0.2, 0.25) is 0 Å². The first-order chi connectivity index (χ1) is 13.0. The Labute approximate surface area is 167 Å². The topological polar surface area (TPSA) is 100 Å². The van der Waals surface area contributed by atoms with Crippen LogP contribution in [0.5, 0.6) is 0 Å². The lowest BCUT2D eigenvalue weighted by Crippen LogP contribution is -2.68. The number of hydrogen-bond donors (Lipinski definition) is 1. The molecule has 3 aliphatic carbocycles. The lowest BCUT2D eigenvalue weighted by atomic mass is 9.37. The molecule has 0 heterocycles. The van der Waals surface area contributed by atoms with E-state index in [9.17, 15) is 20.2 Å². The molecule has 6 nitrogen and oxygen atoms in total. The van der Waals surface area contributed by atoms with Gasteiger partial charge in [0.1, 0.15) is 6.10 Å². The van der Waals surface area contributed by atoms with Crippen molar-refractivity contribution in [2.45, 2.75) is 72.5 Å². The third kappa shape index (κ3) is 2.13. The molecule has 0 radical (unpaired) electrons. The Morgan fingerprint density at radius 2 is 1.96 bits per heavy atom. The molecule has 0 spiro atoms. The van der Waals surface area contributed by atoms with Crippen molar-refractivity contribution in [3.8, 4) is 0 Å². The predicted molar refractivity (Wildman–Crippen MR) is 104 cm³/mol. The van der Waals surface area contributed by atoms with Crippen molar-refractivity contribution in [3.05, 3.63) is 18.2 Å². The zero-order chi connectivity index (χ0) is 21.1. The Kier molecular flexibility index (Phi) is 4.76. The molecular weight excluding hydrogens is 356 g/mol. The molecule has 0 aromatic carbocycles. The first kappa shape index (κ1) is 20.9. The number of ketones is 1. The van der Waals surface area contributed by atoms with E-state index in [-0.39, 0.29) is 23.3 Å². The highest BCUT2D eigenvalue weighted by molar-refractivity contribution is 6.42. The summed E-state index contributed by atoms with van der Waals surface area (Å²) in [5.74, 6) is -0.275. The van der Waals surface area contributed by atoms with Gasteiger partial charge in [-0.3, -0.25) is 9.59 Å². The number of carbonyl (C=O) groups is 2. The maximum atomic E-state index is 13.6. The minimum Gasteiger partial charge on any atom is -0.463 e. The minimum absolute atomic E-state index is 0.104. The normalized spacial score (nSPS) is 50.8. The van der Waals surface area contributed by atoms with E-state index < -0.39 is 33.9 Å². The smallest absolute Gasteiger partial charge is 0.335 e. The first-order valence-electron chi connectivity index (χ1n) is 10.2. The van der Waals surface area contributed by atoms with E-state index in [1.807, 2.05) is 27.7 Å². The zero-order valence-corrected chi connectivity index (χ0v) is 17.6. The van der Waals surface area contributed by atoms with Gasteiger partial charge in [-0.05, 0) is 25.2 Å². The van der Waals surface area contributed by atoms with Crippen molar-refractivity contribution in [2.24, 2.45) is 33.5 Å². The molecule has 28 heavy (non-hydrogen) atoms. The van der Waals surface area contributed by atoms with Crippen LogP contribution in [0.25, 0.3) is 5.53 Å². The van der Waals surface area contributed by atoms with Crippen LogP contribution in [0.1, 0.15) is 60.3 Å². The Balaban J connectivity index is 2.37. The van der Waals surface area contributed by atoms with Crippen LogP contribution >= 0.6 is 0 Å². The van der Waals surface area contributed by atoms with E-state index >= 15 is 0 Å². The summed E-state index contributed by atoms with van der Waals surface area (Å²) in [6.07, 6.45) is 2.67. The van der Waals surface area contributed by atoms with Crippen LogP contribution in [0.4, 0.5) is 0 Å². The minimum atomic E-state index is -0.926. The number of aliphatic hydroxyl groups is 1. The molecule has 8 atom stereocenters. The van der Waals surface area contributed by atoms with Crippen LogP contribution < -0.4 is 0 Å². The van der Waals surface area contributed by atoms with Gasteiger partial charge in [-0.25, -0.2) is 0 Å². The number of ether oxygens (including phenoxy) is 1. The van der Waals surface area contributed by atoms with Crippen LogP contribution in [0.15, 0.2) is 12.7 Å². The fraction of sp³-hybridized carbons (Fsp3) is 0.773. The van der Waals surface area contributed by atoms with Gasteiger partial charge in [0, 0.05) is 22.2 Å². The van der Waals surface area contributed by atoms with Gasteiger partial charge in [-0.1, -0.05) is 40.7 Å². The van der Waals surface area contributed by atoms with Crippen LogP contribution in [0.3, 0.4) is 0 Å². The number of nitrogens with zero attached hydrogens (tertiary/aromatic N) is 2. The summed E-state index contributed by atoms with van der Waals surface area (Å²) < 4.78 is 5.61. The van der Waals surface area contributed by atoms with Gasteiger partial charge in [-0.2, -0.15) is 4.79 Å². The maximum absolute atomic E-state index is 13.6. The molecular formula is C22H32N2O4. The number of hydrogen-bond acceptors (Lipinski definition) is 4. The van der Waals surface area contributed by atoms with Gasteiger partial charge in [-0.15, -0.1) is 6.58 Å². The lowest BCUT2D eigenvalue weighted by molar-refractivity contribution is -0.232. The summed E-state index contributed by atoms with van der Waals surface area (Å²) in [4.78, 5) is 28.3. The predicted octanol–water partition coefficient (Wildman–Crippen LogP) is 3.19. The van der Waals surface area contributed by atoms with Crippen LogP contribution in [-0.4, -0.2) is 40.1 Å². The number of rotatable bonds is 3. The summed E-state index contributed by atoms with van der Waals surface area (Å²) in [6.45, 7) is 14.4. The van der Waals surface area contributed by atoms with Crippen molar-refractivity contribution in [1.29, 1.82) is 0 Å². The Bertz CT molecular complexity index is 774. The molecule has 0 aromatic heterocycles. The maximum Gasteiger partial charge on any atom is 0.335 e. The van der Waals surface area contributed by atoms with E-state index in [0.717, 1.165) is 12.8 Å².